The molecule has 0 saturated carbocycles. The van der Waals surface area contributed by atoms with Gasteiger partial charge in [0.1, 0.15) is 5.82 Å². The highest BCUT2D eigenvalue weighted by atomic mass is 19.1. The summed E-state index contributed by atoms with van der Waals surface area (Å²) in [6, 6.07) is 4.99. The Bertz CT molecular complexity index is 587. The van der Waals surface area contributed by atoms with E-state index in [1.807, 2.05) is 6.92 Å². The van der Waals surface area contributed by atoms with Gasteiger partial charge >= 0.3 is 0 Å². The molecule has 0 saturated heterocycles. The van der Waals surface area contributed by atoms with Crippen LogP contribution in [0, 0.1) is 11.6 Å². The van der Waals surface area contributed by atoms with E-state index in [9.17, 15) is 8.78 Å². The monoisotopic (exact) mass is 292 g/mol. The van der Waals surface area contributed by atoms with Gasteiger partial charge in [-0.3, -0.25) is 0 Å². The molecule has 0 fully saturated rings. The van der Waals surface area contributed by atoms with Crippen LogP contribution >= 0.6 is 0 Å². The molecule has 1 unspecified atom stereocenters. The Labute approximate surface area is 122 Å². The molecule has 1 atom stereocenters. The van der Waals surface area contributed by atoms with Gasteiger partial charge in [-0.25, -0.2) is 18.7 Å². The van der Waals surface area contributed by atoms with Gasteiger partial charge in [-0.15, -0.1) is 0 Å². The second kappa shape index (κ2) is 7.19. The van der Waals surface area contributed by atoms with E-state index in [4.69, 9.17) is 5.73 Å². The van der Waals surface area contributed by atoms with Crippen molar-refractivity contribution in [1.29, 1.82) is 0 Å². The topological polar surface area (TPSA) is 63.8 Å². The Morgan fingerprint density at radius 1 is 1.24 bits per heavy atom. The Morgan fingerprint density at radius 2 is 1.95 bits per heavy atom. The van der Waals surface area contributed by atoms with Crippen LogP contribution in [0.25, 0.3) is 11.4 Å². The highest BCUT2D eigenvalue weighted by molar-refractivity contribution is 5.55. The van der Waals surface area contributed by atoms with Crippen molar-refractivity contribution >= 4 is 0 Å². The van der Waals surface area contributed by atoms with Crippen LogP contribution in [0.15, 0.2) is 30.6 Å². The summed E-state index contributed by atoms with van der Waals surface area (Å²) in [6.07, 6.45) is 2.96. The van der Waals surface area contributed by atoms with Gasteiger partial charge in [-0.1, -0.05) is 12.1 Å². The van der Waals surface area contributed by atoms with Crippen molar-refractivity contribution < 1.29 is 8.78 Å². The minimum absolute atomic E-state index is 0.231. The Morgan fingerprint density at radius 3 is 2.57 bits per heavy atom. The summed E-state index contributed by atoms with van der Waals surface area (Å²) in [5, 5.41) is 3.21. The van der Waals surface area contributed by atoms with Gasteiger partial charge in [-0.05, 0) is 26.0 Å². The SMILES string of the molecule is CC(CCN)NCc1ccc(-c2ncc(F)cn2)cc1F. The van der Waals surface area contributed by atoms with Gasteiger partial charge in [0, 0.05) is 23.7 Å². The molecule has 0 radical (unpaired) electrons. The molecule has 1 heterocycles. The predicted octanol–water partition coefficient (Wildman–Crippen LogP) is 2.25. The second-order valence-corrected chi connectivity index (χ2v) is 4.89. The first kappa shape index (κ1) is 15.5. The summed E-state index contributed by atoms with van der Waals surface area (Å²) in [5.74, 6) is -0.562. The minimum Gasteiger partial charge on any atom is -0.330 e. The van der Waals surface area contributed by atoms with Gasteiger partial charge in [0.05, 0.1) is 12.4 Å². The van der Waals surface area contributed by atoms with Crippen molar-refractivity contribution in [2.45, 2.75) is 25.9 Å². The number of rotatable bonds is 6. The van der Waals surface area contributed by atoms with E-state index in [1.54, 1.807) is 12.1 Å². The number of hydrogen-bond donors (Lipinski definition) is 2. The van der Waals surface area contributed by atoms with E-state index < -0.39 is 5.82 Å². The number of aromatic nitrogens is 2. The molecule has 0 amide bonds. The zero-order valence-electron chi connectivity index (χ0n) is 11.8. The second-order valence-electron chi connectivity index (χ2n) is 4.89. The molecule has 1 aromatic carbocycles. The molecule has 0 aliphatic heterocycles. The maximum atomic E-state index is 14.1. The highest BCUT2D eigenvalue weighted by Crippen LogP contribution is 2.18. The minimum atomic E-state index is -0.520. The number of nitrogens with zero attached hydrogens (tertiary/aromatic N) is 2. The third-order valence-corrected chi connectivity index (χ3v) is 3.17. The van der Waals surface area contributed by atoms with Gasteiger partial charge in [-0.2, -0.15) is 0 Å². The lowest BCUT2D eigenvalue weighted by Gasteiger charge is -2.13. The van der Waals surface area contributed by atoms with Crippen LogP contribution in [0.5, 0.6) is 0 Å². The first-order chi connectivity index (χ1) is 10.1. The Kier molecular flexibility index (Phi) is 5.30. The maximum Gasteiger partial charge on any atom is 0.159 e. The summed E-state index contributed by atoms with van der Waals surface area (Å²) >= 11 is 0. The van der Waals surface area contributed by atoms with E-state index >= 15 is 0 Å². The number of nitrogens with two attached hydrogens (primary N) is 1. The molecule has 112 valence electrons. The molecule has 0 spiro atoms. The van der Waals surface area contributed by atoms with Crippen LogP contribution in [-0.4, -0.2) is 22.6 Å². The number of hydrogen-bond acceptors (Lipinski definition) is 4. The average molecular weight is 292 g/mol. The molecule has 0 aliphatic rings. The summed E-state index contributed by atoms with van der Waals surface area (Å²) in [4.78, 5) is 7.67. The molecule has 3 N–H and O–H groups in total. The first-order valence-electron chi connectivity index (χ1n) is 6.80. The normalized spacial score (nSPS) is 12.4. The third kappa shape index (κ3) is 4.27. The Balaban J connectivity index is 2.08. The zero-order chi connectivity index (χ0) is 15.2. The summed E-state index contributed by atoms with van der Waals surface area (Å²) in [5.41, 5.74) is 6.55. The molecule has 2 aromatic rings. The van der Waals surface area contributed by atoms with Crippen LogP contribution in [0.1, 0.15) is 18.9 Å². The lowest BCUT2D eigenvalue weighted by Crippen LogP contribution is -2.28. The van der Waals surface area contributed by atoms with E-state index in [1.165, 1.54) is 6.07 Å². The highest BCUT2D eigenvalue weighted by Gasteiger charge is 2.08. The van der Waals surface area contributed by atoms with Crippen LogP contribution in [0.3, 0.4) is 0 Å². The fourth-order valence-electron chi connectivity index (χ4n) is 1.93. The molecule has 0 aliphatic carbocycles. The van der Waals surface area contributed by atoms with E-state index in [0.717, 1.165) is 18.8 Å². The molecule has 0 bridgehead atoms. The van der Waals surface area contributed by atoms with Gasteiger partial charge in [0.2, 0.25) is 0 Å². The van der Waals surface area contributed by atoms with E-state index in [-0.39, 0.29) is 11.9 Å². The number of halogens is 2. The molecule has 4 nitrogen and oxygen atoms in total. The standard InChI is InChI=1S/C15H18F2N4/c1-10(4-5-18)19-7-12-3-2-11(6-14(12)17)15-20-8-13(16)9-21-15/h2-3,6,8-10,19H,4-5,7,18H2,1H3. The van der Waals surface area contributed by atoms with Crippen molar-refractivity contribution in [3.63, 3.8) is 0 Å². The van der Waals surface area contributed by atoms with E-state index in [0.29, 0.717) is 30.0 Å². The largest absolute Gasteiger partial charge is 0.330 e. The molecular formula is C15H18F2N4. The van der Waals surface area contributed by atoms with Crippen LogP contribution < -0.4 is 11.1 Å². The average Bonchev–Trinajstić information content (AvgIpc) is 2.47. The van der Waals surface area contributed by atoms with Crippen molar-refractivity contribution in [1.82, 2.24) is 15.3 Å². The van der Waals surface area contributed by atoms with Crippen LogP contribution in [-0.2, 0) is 6.54 Å². The predicted molar refractivity (Wildman–Crippen MR) is 77.4 cm³/mol. The Hall–Kier alpha value is -1.92. The first-order valence-corrected chi connectivity index (χ1v) is 6.80. The maximum absolute atomic E-state index is 14.1. The van der Waals surface area contributed by atoms with Crippen molar-refractivity contribution in [2.75, 3.05) is 6.54 Å². The third-order valence-electron chi connectivity index (χ3n) is 3.17. The quantitative estimate of drug-likeness (QED) is 0.857. The van der Waals surface area contributed by atoms with Crippen LogP contribution in [0.2, 0.25) is 0 Å². The molecule has 6 heteroatoms. The summed E-state index contributed by atoms with van der Waals surface area (Å²) in [7, 11) is 0. The van der Waals surface area contributed by atoms with Crippen molar-refractivity contribution in [3.05, 3.63) is 47.8 Å². The van der Waals surface area contributed by atoms with Crippen molar-refractivity contribution in [2.24, 2.45) is 5.73 Å². The number of benzene rings is 1. The molecule has 1 aromatic heterocycles. The van der Waals surface area contributed by atoms with E-state index in [2.05, 4.69) is 15.3 Å². The van der Waals surface area contributed by atoms with Gasteiger partial charge in [0.15, 0.2) is 11.6 Å². The van der Waals surface area contributed by atoms with Gasteiger partial charge < -0.3 is 11.1 Å². The lowest BCUT2D eigenvalue weighted by molar-refractivity contribution is 0.506. The molecule has 2 rings (SSSR count). The fourth-order valence-corrected chi connectivity index (χ4v) is 1.93. The van der Waals surface area contributed by atoms with Crippen molar-refractivity contribution in [3.8, 4) is 11.4 Å². The number of nitrogens with one attached hydrogen (secondary N) is 1. The summed E-state index contributed by atoms with van der Waals surface area (Å²) < 4.78 is 26.8. The molecule has 21 heavy (non-hydrogen) atoms. The zero-order valence-corrected chi connectivity index (χ0v) is 11.8. The van der Waals surface area contributed by atoms with Crippen LogP contribution in [0.4, 0.5) is 8.78 Å². The lowest BCUT2D eigenvalue weighted by atomic mass is 10.1. The van der Waals surface area contributed by atoms with Gasteiger partial charge in [0.25, 0.3) is 0 Å². The smallest absolute Gasteiger partial charge is 0.159 e. The fraction of sp³-hybridized carbons (Fsp3) is 0.333. The molecular weight excluding hydrogens is 274 g/mol. The summed E-state index contributed by atoms with van der Waals surface area (Å²) in [6.45, 7) is 3.03.